The Labute approximate surface area is 93.8 Å². The van der Waals surface area contributed by atoms with Crippen LogP contribution in [0.15, 0.2) is 28.0 Å². The molecule has 16 heavy (non-hydrogen) atoms. The molecule has 5 heteroatoms. The molecule has 1 unspecified atom stereocenters. The van der Waals surface area contributed by atoms with Gasteiger partial charge in [0.2, 0.25) is 9.84 Å². The highest BCUT2D eigenvalue weighted by Crippen LogP contribution is 2.36. The molecule has 0 saturated carbocycles. The van der Waals surface area contributed by atoms with Crippen molar-refractivity contribution in [3.63, 3.8) is 0 Å². The van der Waals surface area contributed by atoms with Gasteiger partial charge in [-0.25, -0.2) is 8.42 Å². The lowest BCUT2D eigenvalue weighted by Gasteiger charge is -2.05. The van der Waals surface area contributed by atoms with Crippen LogP contribution in [0.3, 0.4) is 0 Å². The molecule has 1 aliphatic heterocycles. The maximum atomic E-state index is 12.0. The highest BCUT2D eigenvalue weighted by molar-refractivity contribution is 7.95. The molecule has 0 amide bonds. The van der Waals surface area contributed by atoms with Crippen molar-refractivity contribution in [2.24, 2.45) is 0 Å². The SMILES string of the molecule is CC(O)CC1=Cc2ccc(O)cc2S1(=O)=O. The van der Waals surface area contributed by atoms with Crippen molar-refractivity contribution in [3.05, 3.63) is 28.7 Å². The van der Waals surface area contributed by atoms with Crippen LogP contribution < -0.4 is 0 Å². The van der Waals surface area contributed by atoms with Crippen LogP contribution in [0, 0.1) is 0 Å². The molecule has 1 aromatic carbocycles. The van der Waals surface area contributed by atoms with E-state index in [2.05, 4.69) is 0 Å². The van der Waals surface area contributed by atoms with Crippen LogP contribution in [0.25, 0.3) is 6.08 Å². The molecule has 0 spiro atoms. The molecule has 0 aromatic heterocycles. The zero-order chi connectivity index (χ0) is 11.9. The van der Waals surface area contributed by atoms with Crippen LogP contribution in [0.1, 0.15) is 18.9 Å². The number of aliphatic hydroxyl groups excluding tert-OH is 1. The fraction of sp³-hybridized carbons (Fsp3) is 0.273. The molecule has 0 saturated heterocycles. The minimum absolute atomic E-state index is 0.0750. The smallest absolute Gasteiger partial charge is 0.203 e. The van der Waals surface area contributed by atoms with Gasteiger partial charge in [-0.15, -0.1) is 0 Å². The Morgan fingerprint density at radius 2 is 2.06 bits per heavy atom. The normalized spacial score (nSPS) is 19.0. The van der Waals surface area contributed by atoms with Crippen molar-refractivity contribution < 1.29 is 18.6 Å². The van der Waals surface area contributed by atoms with Crippen molar-refractivity contribution in [2.75, 3.05) is 0 Å². The minimum atomic E-state index is -3.52. The highest BCUT2D eigenvalue weighted by Gasteiger charge is 2.30. The van der Waals surface area contributed by atoms with Gasteiger partial charge in [0.1, 0.15) is 5.75 Å². The van der Waals surface area contributed by atoms with E-state index in [1.165, 1.54) is 25.1 Å². The largest absolute Gasteiger partial charge is 0.508 e. The topological polar surface area (TPSA) is 74.6 Å². The van der Waals surface area contributed by atoms with Gasteiger partial charge < -0.3 is 10.2 Å². The van der Waals surface area contributed by atoms with E-state index in [1.54, 1.807) is 6.07 Å². The molecule has 0 radical (unpaired) electrons. The number of hydrogen-bond donors (Lipinski definition) is 2. The van der Waals surface area contributed by atoms with E-state index in [4.69, 9.17) is 0 Å². The Bertz CT molecular complexity index is 555. The maximum absolute atomic E-state index is 12.0. The first-order valence-corrected chi connectivity index (χ1v) is 6.36. The van der Waals surface area contributed by atoms with Crippen LogP contribution in [-0.4, -0.2) is 24.7 Å². The summed E-state index contributed by atoms with van der Waals surface area (Å²) in [6.07, 6.45) is 0.929. The summed E-state index contributed by atoms with van der Waals surface area (Å²) in [4.78, 5) is 0.311. The fourth-order valence-corrected chi connectivity index (χ4v) is 3.47. The lowest BCUT2D eigenvalue weighted by Crippen LogP contribution is -2.07. The van der Waals surface area contributed by atoms with Crippen molar-refractivity contribution >= 4 is 15.9 Å². The molecular weight excluding hydrogens is 228 g/mol. The number of sulfone groups is 1. The number of hydrogen-bond acceptors (Lipinski definition) is 4. The van der Waals surface area contributed by atoms with E-state index in [0.717, 1.165) is 0 Å². The lowest BCUT2D eigenvalue weighted by atomic mass is 10.2. The van der Waals surface area contributed by atoms with Crippen LogP contribution in [-0.2, 0) is 9.84 Å². The van der Waals surface area contributed by atoms with Gasteiger partial charge in [0.15, 0.2) is 0 Å². The van der Waals surface area contributed by atoms with Crippen LogP contribution in [0.4, 0.5) is 0 Å². The second-order valence-electron chi connectivity index (χ2n) is 3.89. The lowest BCUT2D eigenvalue weighted by molar-refractivity contribution is 0.197. The van der Waals surface area contributed by atoms with E-state index >= 15 is 0 Å². The number of phenolic OH excluding ortho intramolecular Hbond substituents is 1. The highest BCUT2D eigenvalue weighted by atomic mass is 32.2. The Balaban J connectivity index is 2.52. The van der Waals surface area contributed by atoms with Gasteiger partial charge in [0.05, 0.1) is 15.9 Å². The van der Waals surface area contributed by atoms with Crippen LogP contribution in [0.2, 0.25) is 0 Å². The average molecular weight is 240 g/mol. The van der Waals surface area contributed by atoms with Gasteiger partial charge in [0, 0.05) is 6.42 Å². The summed E-state index contributed by atoms with van der Waals surface area (Å²) in [6, 6.07) is 4.23. The Morgan fingerprint density at radius 3 is 2.69 bits per heavy atom. The first kappa shape index (κ1) is 11.2. The van der Waals surface area contributed by atoms with Crippen molar-refractivity contribution in [3.8, 4) is 5.75 Å². The standard InChI is InChI=1S/C11H12O4S/c1-7(12)4-10-5-8-2-3-9(13)6-11(8)16(10,14)15/h2-3,5-7,12-13H,4H2,1H3. The monoisotopic (exact) mass is 240 g/mol. The third-order valence-corrected chi connectivity index (χ3v) is 4.35. The van der Waals surface area contributed by atoms with E-state index in [-0.39, 0.29) is 22.0 Å². The summed E-state index contributed by atoms with van der Waals surface area (Å²) in [7, 11) is -3.52. The van der Waals surface area contributed by atoms with E-state index in [9.17, 15) is 18.6 Å². The van der Waals surface area contributed by atoms with Gasteiger partial charge in [-0.05, 0) is 36.8 Å². The number of aromatic hydroxyl groups is 1. The van der Waals surface area contributed by atoms with Crippen molar-refractivity contribution in [1.82, 2.24) is 0 Å². The molecular formula is C11H12O4S. The summed E-state index contributed by atoms with van der Waals surface area (Å²) < 4.78 is 24.0. The Morgan fingerprint density at radius 1 is 1.38 bits per heavy atom. The van der Waals surface area contributed by atoms with E-state index in [0.29, 0.717) is 5.56 Å². The fourth-order valence-electron chi connectivity index (χ4n) is 1.73. The van der Waals surface area contributed by atoms with Gasteiger partial charge in [-0.3, -0.25) is 0 Å². The molecule has 1 heterocycles. The van der Waals surface area contributed by atoms with Crippen LogP contribution >= 0.6 is 0 Å². The summed E-state index contributed by atoms with van der Waals surface area (Å²) in [5.41, 5.74) is 0.563. The van der Waals surface area contributed by atoms with Crippen molar-refractivity contribution in [2.45, 2.75) is 24.3 Å². The van der Waals surface area contributed by atoms with E-state index < -0.39 is 15.9 Å². The molecule has 0 bridgehead atoms. The third-order valence-electron chi connectivity index (χ3n) is 2.44. The van der Waals surface area contributed by atoms with Gasteiger partial charge >= 0.3 is 0 Å². The number of fused-ring (bicyclic) bond motifs is 1. The number of phenols is 1. The molecule has 4 nitrogen and oxygen atoms in total. The average Bonchev–Trinajstić information content (AvgIpc) is 2.40. The summed E-state index contributed by atoms with van der Waals surface area (Å²) >= 11 is 0. The van der Waals surface area contributed by atoms with Gasteiger partial charge in [-0.1, -0.05) is 0 Å². The second kappa shape index (κ2) is 3.61. The zero-order valence-electron chi connectivity index (χ0n) is 8.71. The molecule has 86 valence electrons. The number of rotatable bonds is 2. The first-order valence-electron chi connectivity index (χ1n) is 4.88. The number of benzene rings is 1. The number of aliphatic hydroxyl groups is 1. The zero-order valence-corrected chi connectivity index (χ0v) is 9.53. The molecule has 0 aliphatic carbocycles. The van der Waals surface area contributed by atoms with Gasteiger partial charge in [0.25, 0.3) is 0 Å². The Kier molecular flexibility index (Phi) is 2.52. The quantitative estimate of drug-likeness (QED) is 0.817. The first-order chi connectivity index (χ1) is 7.41. The molecule has 0 fully saturated rings. The molecule has 1 aromatic rings. The van der Waals surface area contributed by atoms with Gasteiger partial charge in [-0.2, -0.15) is 0 Å². The summed E-state index contributed by atoms with van der Waals surface area (Å²) in [5, 5.41) is 18.5. The van der Waals surface area contributed by atoms with Crippen LogP contribution in [0.5, 0.6) is 5.75 Å². The molecule has 1 aliphatic rings. The summed E-state index contributed by atoms with van der Waals surface area (Å²) in [5.74, 6) is -0.0750. The predicted octanol–water partition coefficient (Wildman–Crippen LogP) is 1.29. The second-order valence-corrected chi connectivity index (χ2v) is 5.86. The Hall–Kier alpha value is -1.33. The third kappa shape index (κ3) is 1.72. The molecule has 2 rings (SSSR count). The summed E-state index contributed by atoms with van der Waals surface area (Å²) in [6.45, 7) is 1.54. The predicted molar refractivity (Wildman–Crippen MR) is 59.6 cm³/mol. The van der Waals surface area contributed by atoms with Crippen molar-refractivity contribution in [1.29, 1.82) is 0 Å². The molecule has 1 atom stereocenters. The minimum Gasteiger partial charge on any atom is -0.508 e. The van der Waals surface area contributed by atoms with E-state index in [1.807, 2.05) is 0 Å². The maximum Gasteiger partial charge on any atom is 0.203 e. The molecule has 2 N–H and O–H groups in total.